The third kappa shape index (κ3) is 3.89. The van der Waals surface area contributed by atoms with Gasteiger partial charge < -0.3 is 8.98 Å². The van der Waals surface area contributed by atoms with E-state index in [-0.39, 0.29) is 5.63 Å². The van der Waals surface area contributed by atoms with Gasteiger partial charge >= 0.3 is 5.63 Å². The van der Waals surface area contributed by atoms with E-state index in [4.69, 9.17) is 4.42 Å². The molecular formula is C43H25NO2S. The zero-order valence-corrected chi connectivity index (χ0v) is 25.9. The Kier molecular flexibility index (Phi) is 5.60. The number of para-hydroxylation sites is 2. The lowest BCUT2D eigenvalue weighted by Crippen LogP contribution is -2.02. The SMILES string of the molecule is O=c1oc2ccccc2c2cccc(-c3ccc(-n4c5ccccc5c5cc(-c6cccc7c6sc6ccccc67)ccc54)cc3)c12. The van der Waals surface area contributed by atoms with Crippen molar-refractivity contribution < 1.29 is 4.42 Å². The Morgan fingerprint density at radius 1 is 0.489 bits per heavy atom. The molecule has 10 rings (SSSR count). The molecule has 0 amide bonds. The standard InChI is InChI=1S/C43H25NO2S/c45-43-41-29(12-7-14-34(41)32-10-2-5-17-39(32)46-43)26-19-22-28(23-20-26)44-37-16-4-1-9-31(37)36-25-27(21-24-38(36)44)30-13-8-15-35-33-11-3-6-18-40(33)47-42(30)35/h1-25H. The lowest BCUT2D eigenvalue weighted by molar-refractivity contribution is 0.570. The second kappa shape index (κ2) is 10.0. The first-order valence-electron chi connectivity index (χ1n) is 15.7. The van der Waals surface area contributed by atoms with Gasteiger partial charge in [0.15, 0.2) is 0 Å². The molecule has 3 heterocycles. The van der Waals surface area contributed by atoms with E-state index in [0.717, 1.165) is 38.6 Å². The van der Waals surface area contributed by atoms with Gasteiger partial charge in [-0.05, 0) is 64.7 Å². The van der Waals surface area contributed by atoms with Gasteiger partial charge in [0.05, 0.1) is 16.4 Å². The maximum atomic E-state index is 13.2. The number of thiophene rings is 1. The molecule has 220 valence electrons. The van der Waals surface area contributed by atoms with Crippen molar-refractivity contribution in [1.29, 1.82) is 0 Å². The van der Waals surface area contributed by atoms with E-state index in [2.05, 4.69) is 114 Å². The molecule has 7 aromatic carbocycles. The average Bonchev–Trinajstić information content (AvgIpc) is 3.67. The van der Waals surface area contributed by atoms with Gasteiger partial charge in [0.2, 0.25) is 0 Å². The van der Waals surface area contributed by atoms with Crippen LogP contribution >= 0.6 is 11.3 Å². The zero-order chi connectivity index (χ0) is 31.1. The summed E-state index contributed by atoms with van der Waals surface area (Å²) in [7, 11) is 0. The molecule has 0 aliphatic heterocycles. The molecule has 0 N–H and O–H groups in total. The quantitative estimate of drug-likeness (QED) is 0.146. The first kappa shape index (κ1) is 26.3. The Labute approximate surface area is 273 Å². The molecule has 0 unspecified atom stereocenters. The minimum absolute atomic E-state index is 0.317. The van der Waals surface area contributed by atoms with Gasteiger partial charge in [0.1, 0.15) is 5.58 Å². The molecule has 10 aromatic rings. The molecule has 0 aliphatic carbocycles. The highest BCUT2D eigenvalue weighted by Crippen LogP contribution is 2.42. The molecule has 0 saturated heterocycles. The Morgan fingerprint density at radius 2 is 1.15 bits per heavy atom. The van der Waals surface area contributed by atoms with Crippen molar-refractivity contribution >= 4 is 75.1 Å². The van der Waals surface area contributed by atoms with Crippen molar-refractivity contribution in [1.82, 2.24) is 4.57 Å². The van der Waals surface area contributed by atoms with E-state index in [9.17, 15) is 4.79 Å². The smallest absolute Gasteiger partial charge is 0.344 e. The number of rotatable bonds is 3. The Morgan fingerprint density at radius 3 is 2.02 bits per heavy atom. The van der Waals surface area contributed by atoms with Crippen molar-refractivity contribution in [3.8, 4) is 27.9 Å². The molecule has 47 heavy (non-hydrogen) atoms. The molecule has 0 atom stereocenters. The van der Waals surface area contributed by atoms with E-state index >= 15 is 0 Å². The fourth-order valence-electron chi connectivity index (χ4n) is 7.35. The summed E-state index contributed by atoms with van der Waals surface area (Å²) in [6.07, 6.45) is 0. The Balaban J connectivity index is 1.13. The summed E-state index contributed by atoms with van der Waals surface area (Å²) in [5, 5.41) is 7.51. The zero-order valence-electron chi connectivity index (χ0n) is 25.1. The summed E-state index contributed by atoms with van der Waals surface area (Å²) in [6.45, 7) is 0. The normalized spacial score (nSPS) is 11.9. The monoisotopic (exact) mass is 619 g/mol. The minimum Gasteiger partial charge on any atom is -0.422 e. The second-order valence-corrected chi connectivity index (χ2v) is 13.1. The first-order chi connectivity index (χ1) is 23.2. The van der Waals surface area contributed by atoms with Crippen LogP contribution in [0.1, 0.15) is 0 Å². The predicted molar refractivity (Wildman–Crippen MR) is 198 cm³/mol. The van der Waals surface area contributed by atoms with Crippen LogP contribution in [0.5, 0.6) is 0 Å². The van der Waals surface area contributed by atoms with Crippen LogP contribution in [0.2, 0.25) is 0 Å². The summed E-state index contributed by atoms with van der Waals surface area (Å²) in [5.41, 5.74) is 7.99. The lowest BCUT2D eigenvalue weighted by Gasteiger charge is -2.11. The topological polar surface area (TPSA) is 35.1 Å². The third-order valence-electron chi connectivity index (χ3n) is 9.47. The van der Waals surface area contributed by atoms with Crippen LogP contribution in [0.3, 0.4) is 0 Å². The van der Waals surface area contributed by atoms with Crippen LogP contribution in [0.4, 0.5) is 0 Å². The number of fused-ring (bicyclic) bond motifs is 9. The summed E-state index contributed by atoms with van der Waals surface area (Å²) in [4.78, 5) is 13.2. The largest absolute Gasteiger partial charge is 0.422 e. The maximum Gasteiger partial charge on any atom is 0.344 e. The summed E-state index contributed by atoms with van der Waals surface area (Å²) in [6, 6.07) is 53.0. The van der Waals surface area contributed by atoms with Crippen molar-refractivity contribution in [2.24, 2.45) is 0 Å². The molecule has 0 aliphatic rings. The van der Waals surface area contributed by atoms with Crippen LogP contribution < -0.4 is 5.63 Å². The highest BCUT2D eigenvalue weighted by molar-refractivity contribution is 7.26. The molecule has 0 saturated carbocycles. The number of hydrogen-bond donors (Lipinski definition) is 0. The van der Waals surface area contributed by atoms with Crippen LogP contribution in [0.15, 0.2) is 161 Å². The van der Waals surface area contributed by atoms with E-state index in [1.54, 1.807) is 0 Å². The minimum atomic E-state index is -0.317. The highest BCUT2D eigenvalue weighted by atomic mass is 32.1. The van der Waals surface area contributed by atoms with E-state index < -0.39 is 0 Å². The van der Waals surface area contributed by atoms with Gasteiger partial charge in [0, 0.05) is 47.4 Å². The fourth-order valence-corrected chi connectivity index (χ4v) is 8.59. The van der Waals surface area contributed by atoms with Crippen LogP contribution in [0.25, 0.3) is 91.7 Å². The predicted octanol–water partition coefficient (Wildman–Crippen LogP) is 11.7. The van der Waals surface area contributed by atoms with E-state index in [1.165, 1.54) is 42.1 Å². The molecule has 3 aromatic heterocycles. The molecule has 0 spiro atoms. The van der Waals surface area contributed by atoms with Crippen molar-refractivity contribution in [3.63, 3.8) is 0 Å². The van der Waals surface area contributed by atoms with Crippen molar-refractivity contribution in [2.75, 3.05) is 0 Å². The Bertz CT molecular complexity index is 2930. The summed E-state index contributed by atoms with van der Waals surface area (Å²) < 4.78 is 10.7. The van der Waals surface area contributed by atoms with Gasteiger partial charge in [-0.1, -0.05) is 109 Å². The third-order valence-corrected chi connectivity index (χ3v) is 10.7. The van der Waals surface area contributed by atoms with Crippen LogP contribution in [-0.4, -0.2) is 4.57 Å². The number of hydrogen-bond acceptors (Lipinski definition) is 3. The van der Waals surface area contributed by atoms with Crippen LogP contribution in [-0.2, 0) is 0 Å². The van der Waals surface area contributed by atoms with Gasteiger partial charge in [-0.15, -0.1) is 11.3 Å². The second-order valence-electron chi connectivity index (χ2n) is 12.0. The van der Waals surface area contributed by atoms with Crippen molar-refractivity contribution in [3.05, 3.63) is 162 Å². The molecular weight excluding hydrogens is 595 g/mol. The van der Waals surface area contributed by atoms with Crippen molar-refractivity contribution in [2.45, 2.75) is 0 Å². The first-order valence-corrected chi connectivity index (χ1v) is 16.5. The molecule has 0 bridgehead atoms. The maximum absolute atomic E-state index is 13.2. The summed E-state index contributed by atoms with van der Waals surface area (Å²) >= 11 is 1.86. The van der Waals surface area contributed by atoms with E-state index in [0.29, 0.717) is 11.0 Å². The van der Waals surface area contributed by atoms with Gasteiger partial charge in [-0.25, -0.2) is 4.79 Å². The lowest BCUT2D eigenvalue weighted by atomic mass is 9.97. The molecule has 3 nitrogen and oxygen atoms in total. The van der Waals surface area contributed by atoms with Gasteiger partial charge in [-0.3, -0.25) is 0 Å². The fraction of sp³-hybridized carbons (Fsp3) is 0. The molecule has 0 radical (unpaired) electrons. The highest BCUT2D eigenvalue weighted by Gasteiger charge is 2.17. The van der Waals surface area contributed by atoms with Gasteiger partial charge in [-0.2, -0.15) is 0 Å². The molecule has 0 fully saturated rings. The van der Waals surface area contributed by atoms with E-state index in [1.807, 2.05) is 53.8 Å². The average molecular weight is 620 g/mol. The van der Waals surface area contributed by atoms with Crippen LogP contribution in [0, 0.1) is 0 Å². The Hall–Kier alpha value is -5.97. The summed E-state index contributed by atoms with van der Waals surface area (Å²) in [5.74, 6) is 0. The number of aromatic nitrogens is 1. The van der Waals surface area contributed by atoms with Gasteiger partial charge in [0.25, 0.3) is 0 Å². The number of benzene rings is 7. The molecule has 4 heteroatoms. The number of nitrogens with zero attached hydrogens (tertiary/aromatic N) is 1.